The molecule has 3 rings (SSSR count). The number of anilines is 1. The van der Waals surface area contributed by atoms with Crippen LogP contribution >= 0.6 is 0 Å². The van der Waals surface area contributed by atoms with Crippen molar-refractivity contribution in [1.29, 1.82) is 0 Å². The summed E-state index contributed by atoms with van der Waals surface area (Å²) in [7, 11) is 0. The number of nitrogens with two attached hydrogens (primary N) is 1. The van der Waals surface area contributed by atoms with Gasteiger partial charge in [-0.15, -0.1) is 0 Å². The standard InChI is InChI=1S/C20H23N3O2/c1-13-8-9-15(11-14(13)2)18-7-4-10-23(18)19(24)16-5-3-6-17(12-16)22-20(21)25/h3,5-6,8-9,11-12,18H,4,7,10H2,1-2H3,(H3,21,22,25). The Balaban J connectivity index is 1.85. The van der Waals surface area contributed by atoms with Gasteiger partial charge in [-0.25, -0.2) is 4.79 Å². The second-order valence-corrected chi connectivity index (χ2v) is 6.57. The number of hydrogen-bond acceptors (Lipinski definition) is 2. The largest absolute Gasteiger partial charge is 0.351 e. The number of aryl methyl sites for hydroxylation is 2. The summed E-state index contributed by atoms with van der Waals surface area (Å²) in [4.78, 5) is 25.9. The van der Waals surface area contributed by atoms with Gasteiger partial charge in [-0.3, -0.25) is 4.79 Å². The van der Waals surface area contributed by atoms with Crippen LogP contribution in [0, 0.1) is 13.8 Å². The van der Waals surface area contributed by atoms with E-state index in [1.54, 1.807) is 24.3 Å². The molecule has 5 nitrogen and oxygen atoms in total. The lowest BCUT2D eigenvalue weighted by Crippen LogP contribution is -2.30. The molecule has 0 saturated carbocycles. The Bertz CT molecular complexity index is 816. The van der Waals surface area contributed by atoms with Gasteiger partial charge in [-0.2, -0.15) is 0 Å². The summed E-state index contributed by atoms with van der Waals surface area (Å²) in [6.45, 7) is 4.93. The first-order valence-corrected chi connectivity index (χ1v) is 8.50. The van der Waals surface area contributed by atoms with Gasteiger partial charge in [0.25, 0.3) is 5.91 Å². The minimum atomic E-state index is -0.640. The number of carbonyl (C=O) groups excluding carboxylic acids is 2. The van der Waals surface area contributed by atoms with Crippen molar-refractivity contribution < 1.29 is 9.59 Å². The van der Waals surface area contributed by atoms with E-state index in [1.807, 2.05) is 4.90 Å². The Morgan fingerprint density at radius 2 is 1.92 bits per heavy atom. The van der Waals surface area contributed by atoms with Crippen molar-refractivity contribution in [2.75, 3.05) is 11.9 Å². The SMILES string of the molecule is Cc1ccc(C2CCCN2C(=O)c2cccc(NC(N)=O)c2)cc1C. The lowest BCUT2D eigenvalue weighted by atomic mass is 9.99. The monoisotopic (exact) mass is 337 g/mol. The molecule has 1 aliphatic rings. The van der Waals surface area contributed by atoms with E-state index in [0.29, 0.717) is 11.3 Å². The number of nitrogens with zero attached hydrogens (tertiary/aromatic N) is 1. The first-order chi connectivity index (χ1) is 12.0. The van der Waals surface area contributed by atoms with Crippen LogP contribution in [0.15, 0.2) is 42.5 Å². The zero-order valence-electron chi connectivity index (χ0n) is 14.6. The van der Waals surface area contributed by atoms with E-state index in [-0.39, 0.29) is 11.9 Å². The third-order valence-corrected chi connectivity index (χ3v) is 4.81. The molecular formula is C20H23N3O2. The summed E-state index contributed by atoms with van der Waals surface area (Å²) < 4.78 is 0. The third-order valence-electron chi connectivity index (χ3n) is 4.81. The highest BCUT2D eigenvalue weighted by Crippen LogP contribution is 2.34. The van der Waals surface area contributed by atoms with E-state index in [0.717, 1.165) is 19.4 Å². The van der Waals surface area contributed by atoms with Gasteiger partial charge < -0.3 is 16.0 Å². The molecule has 25 heavy (non-hydrogen) atoms. The van der Waals surface area contributed by atoms with Crippen LogP contribution in [-0.2, 0) is 0 Å². The Morgan fingerprint density at radius 3 is 2.64 bits per heavy atom. The second kappa shape index (κ2) is 6.97. The van der Waals surface area contributed by atoms with E-state index in [9.17, 15) is 9.59 Å². The van der Waals surface area contributed by atoms with Crippen molar-refractivity contribution in [2.24, 2.45) is 5.73 Å². The molecule has 1 saturated heterocycles. The number of rotatable bonds is 3. The van der Waals surface area contributed by atoms with Gasteiger partial charge in [0.2, 0.25) is 0 Å². The molecular weight excluding hydrogens is 314 g/mol. The summed E-state index contributed by atoms with van der Waals surface area (Å²) >= 11 is 0. The van der Waals surface area contributed by atoms with Gasteiger partial charge in [0.05, 0.1) is 6.04 Å². The average molecular weight is 337 g/mol. The van der Waals surface area contributed by atoms with Crippen molar-refractivity contribution in [3.63, 3.8) is 0 Å². The van der Waals surface area contributed by atoms with Crippen LogP contribution in [0.1, 0.15) is 45.9 Å². The molecule has 1 fully saturated rings. The molecule has 0 radical (unpaired) electrons. The summed E-state index contributed by atoms with van der Waals surface area (Å²) in [5.41, 5.74) is 9.91. The fourth-order valence-corrected chi connectivity index (χ4v) is 3.37. The molecule has 0 spiro atoms. The number of likely N-dealkylation sites (tertiary alicyclic amines) is 1. The van der Waals surface area contributed by atoms with Gasteiger partial charge >= 0.3 is 6.03 Å². The number of benzene rings is 2. The summed E-state index contributed by atoms with van der Waals surface area (Å²) in [6, 6.07) is 12.8. The number of amides is 3. The maximum Gasteiger partial charge on any atom is 0.316 e. The zero-order chi connectivity index (χ0) is 18.0. The first kappa shape index (κ1) is 17.0. The predicted molar refractivity (Wildman–Crippen MR) is 98.6 cm³/mol. The molecule has 0 aliphatic carbocycles. The van der Waals surface area contributed by atoms with Gasteiger partial charge in [-0.1, -0.05) is 24.3 Å². The van der Waals surface area contributed by atoms with Crippen LogP contribution in [0.2, 0.25) is 0 Å². The molecule has 1 unspecified atom stereocenters. The Kier molecular flexibility index (Phi) is 4.74. The molecule has 1 atom stereocenters. The summed E-state index contributed by atoms with van der Waals surface area (Å²) in [6.07, 6.45) is 1.95. The first-order valence-electron chi connectivity index (χ1n) is 8.50. The minimum absolute atomic E-state index is 0.0196. The Morgan fingerprint density at radius 1 is 1.12 bits per heavy atom. The van der Waals surface area contributed by atoms with Crippen molar-refractivity contribution in [1.82, 2.24) is 4.90 Å². The zero-order valence-corrected chi connectivity index (χ0v) is 14.6. The van der Waals surface area contributed by atoms with Crippen molar-refractivity contribution in [3.05, 3.63) is 64.7 Å². The predicted octanol–water partition coefficient (Wildman–Crippen LogP) is 3.77. The van der Waals surface area contributed by atoms with E-state index in [1.165, 1.54) is 16.7 Å². The number of urea groups is 1. The van der Waals surface area contributed by atoms with Crippen LogP contribution in [0.5, 0.6) is 0 Å². The van der Waals surface area contributed by atoms with Crippen LogP contribution < -0.4 is 11.1 Å². The normalized spacial score (nSPS) is 16.7. The lowest BCUT2D eigenvalue weighted by molar-refractivity contribution is 0.0735. The van der Waals surface area contributed by atoms with E-state index >= 15 is 0 Å². The highest BCUT2D eigenvalue weighted by Gasteiger charge is 2.30. The smallest absolute Gasteiger partial charge is 0.316 e. The van der Waals surface area contributed by atoms with Gasteiger partial charge in [0.15, 0.2) is 0 Å². The van der Waals surface area contributed by atoms with E-state index in [2.05, 4.69) is 37.4 Å². The van der Waals surface area contributed by atoms with Crippen molar-refractivity contribution in [2.45, 2.75) is 32.7 Å². The second-order valence-electron chi connectivity index (χ2n) is 6.57. The Hall–Kier alpha value is -2.82. The molecule has 0 bridgehead atoms. The molecule has 2 aromatic rings. The lowest BCUT2D eigenvalue weighted by Gasteiger charge is -2.26. The van der Waals surface area contributed by atoms with E-state index in [4.69, 9.17) is 5.73 Å². The number of hydrogen-bond donors (Lipinski definition) is 2. The quantitative estimate of drug-likeness (QED) is 0.894. The van der Waals surface area contributed by atoms with Crippen molar-refractivity contribution >= 4 is 17.6 Å². The maximum atomic E-state index is 13.0. The molecule has 3 N–H and O–H groups in total. The number of nitrogens with one attached hydrogen (secondary N) is 1. The molecule has 2 aromatic carbocycles. The van der Waals surface area contributed by atoms with Crippen LogP contribution in [0.4, 0.5) is 10.5 Å². The minimum Gasteiger partial charge on any atom is -0.351 e. The molecule has 3 amide bonds. The van der Waals surface area contributed by atoms with Gasteiger partial charge in [0, 0.05) is 17.8 Å². The number of primary amides is 1. The number of carbonyl (C=O) groups is 2. The molecule has 1 aliphatic heterocycles. The third kappa shape index (κ3) is 3.65. The van der Waals surface area contributed by atoms with Crippen LogP contribution in [0.25, 0.3) is 0 Å². The van der Waals surface area contributed by atoms with Gasteiger partial charge in [0.1, 0.15) is 0 Å². The van der Waals surface area contributed by atoms with Crippen LogP contribution in [0.3, 0.4) is 0 Å². The van der Waals surface area contributed by atoms with Gasteiger partial charge in [-0.05, 0) is 61.6 Å². The van der Waals surface area contributed by atoms with Crippen LogP contribution in [-0.4, -0.2) is 23.4 Å². The summed E-state index contributed by atoms with van der Waals surface area (Å²) in [5, 5.41) is 2.52. The summed E-state index contributed by atoms with van der Waals surface area (Å²) in [5.74, 6) is -0.0196. The van der Waals surface area contributed by atoms with E-state index < -0.39 is 6.03 Å². The average Bonchev–Trinajstić information content (AvgIpc) is 3.06. The van der Waals surface area contributed by atoms with Crippen molar-refractivity contribution in [3.8, 4) is 0 Å². The molecule has 5 heteroatoms. The molecule has 130 valence electrons. The maximum absolute atomic E-state index is 13.0. The molecule has 0 aromatic heterocycles. The highest BCUT2D eigenvalue weighted by molar-refractivity contribution is 5.97. The fraction of sp³-hybridized carbons (Fsp3) is 0.300. The fourth-order valence-electron chi connectivity index (χ4n) is 3.37. The highest BCUT2D eigenvalue weighted by atomic mass is 16.2. The topological polar surface area (TPSA) is 75.4 Å². The Labute approximate surface area is 147 Å². The molecule has 1 heterocycles.